The Bertz CT molecular complexity index is 1220. The molecule has 1 amide bonds. The Morgan fingerprint density at radius 1 is 1.06 bits per heavy atom. The molecule has 0 spiro atoms. The van der Waals surface area contributed by atoms with E-state index in [0.29, 0.717) is 36.2 Å². The van der Waals surface area contributed by atoms with Crippen molar-refractivity contribution in [1.82, 2.24) is 9.88 Å². The molecule has 1 aliphatic rings. The first-order valence-corrected chi connectivity index (χ1v) is 13.0. The zero-order chi connectivity index (χ0) is 22.2. The summed E-state index contributed by atoms with van der Waals surface area (Å²) in [5.41, 5.74) is 1.88. The zero-order valence-electron chi connectivity index (χ0n) is 16.8. The molecule has 2 aromatic carbocycles. The summed E-state index contributed by atoms with van der Waals surface area (Å²) in [5, 5.41) is 2.09. The molecule has 1 fully saturated rings. The van der Waals surface area contributed by atoms with Crippen molar-refractivity contribution in [2.45, 2.75) is 18.2 Å². The molecule has 164 valence electrons. The minimum atomic E-state index is -3.52. The summed E-state index contributed by atoms with van der Waals surface area (Å²) in [5.74, 6) is -0.366. The monoisotopic (exact) mass is 497 g/mol. The van der Waals surface area contributed by atoms with Crippen LogP contribution >= 0.6 is 34.5 Å². The standard InChI is InChI=1S/C21H21Cl2N3O3S2/c1-14-17(23)6-7-18-20(14)24-21(30-18)26-11-9-25(10-12-26)19(27)8-13-31(28,29)16-4-2-15(22)3-5-16/h2-7H,8-13H2,1H3. The maximum Gasteiger partial charge on any atom is 0.223 e. The summed E-state index contributed by atoms with van der Waals surface area (Å²) >= 11 is 13.6. The molecule has 4 rings (SSSR count). The van der Waals surface area contributed by atoms with E-state index in [-0.39, 0.29) is 23.0 Å². The Balaban J connectivity index is 1.35. The van der Waals surface area contributed by atoms with Crippen molar-refractivity contribution in [1.29, 1.82) is 0 Å². The van der Waals surface area contributed by atoms with Gasteiger partial charge in [-0.15, -0.1) is 0 Å². The number of carbonyl (C=O) groups excluding carboxylic acids is 1. The smallest absolute Gasteiger partial charge is 0.223 e. The first kappa shape index (κ1) is 22.3. The molecule has 0 atom stereocenters. The van der Waals surface area contributed by atoms with Crippen molar-refractivity contribution < 1.29 is 13.2 Å². The predicted octanol–water partition coefficient (Wildman–Crippen LogP) is 4.42. The van der Waals surface area contributed by atoms with Crippen LogP contribution < -0.4 is 4.90 Å². The Labute approximate surface area is 195 Å². The third kappa shape index (κ3) is 4.82. The average Bonchev–Trinajstić information content (AvgIpc) is 3.20. The van der Waals surface area contributed by atoms with Crippen LogP contribution in [0.2, 0.25) is 10.0 Å². The summed E-state index contributed by atoms with van der Waals surface area (Å²) in [6.07, 6.45) is -0.0379. The number of sulfone groups is 1. The molecule has 0 saturated carbocycles. The minimum absolute atomic E-state index is 0.0379. The van der Waals surface area contributed by atoms with E-state index in [1.807, 2.05) is 19.1 Å². The maximum atomic E-state index is 12.6. The van der Waals surface area contributed by atoms with E-state index in [0.717, 1.165) is 20.9 Å². The lowest BCUT2D eigenvalue weighted by molar-refractivity contribution is -0.131. The van der Waals surface area contributed by atoms with Crippen LogP contribution in [0.3, 0.4) is 0 Å². The maximum absolute atomic E-state index is 12.6. The van der Waals surface area contributed by atoms with E-state index >= 15 is 0 Å². The van der Waals surface area contributed by atoms with E-state index < -0.39 is 9.84 Å². The van der Waals surface area contributed by atoms with Crippen molar-refractivity contribution in [2.24, 2.45) is 0 Å². The Hall–Kier alpha value is -1.87. The number of rotatable bonds is 5. The Morgan fingerprint density at radius 3 is 2.42 bits per heavy atom. The number of hydrogen-bond donors (Lipinski definition) is 0. The number of aromatic nitrogens is 1. The number of halogens is 2. The molecular formula is C21H21Cl2N3O3S2. The third-order valence-electron chi connectivity index (χ3n) is 5.40. The Kier molecular flexibility index (Phi) is 6.44. The van der Waals surface area contributed by atoms with Crippen molar-refractivity contribution in [3.63, 3.8) is 0 Å². The number of piperazine rings is 1. The van der Waals surface area contributed by atoms with E-state index in [2.05, 4.69) is 4.90 Å². The lowest BCUT2D eigenvalue weighted by Gasteiger charge is -2.34. The first-order chi connectivity index (χ1) is 14.7. The van der Waals surface area contributed by atoms with Crippen molar-refractivity contribution in [3.8, 4) is 0 Å². The number of thiazole rings is 1. The van der Waals surface area contributed by atoms with E-state index in [9.17, 15) is 13.2 Å². The molecule has 1 aromatic heterocycles. The summed E-state index contributed by atoms with van der Waals surface area (Å²) in [7, 11) is -3.52. The lowest BCUT2D eigenvalue weighted by atomic mass is 10.2. The fourth-order valence-corrected chi connectivity index (χ4v) is 6.10. The van der Waals surface area contributed by atoms with Gasteiger partial charge in [0.1, 0.15) is 0 Å². The van der Waals surface area contributed by atoms with Crippen LogP contribution in [-0.2, 0) is 14.6 Å². The molecule has 0 unspecified atom stereocenters. The number of aryl methyl sites for hydroxylation is 1. The second kappa shape index (κ2) is 8.94. The Morgan fingerprint density at radius 2 is 1.74 bits per heavy atom. The minimum Gasteiger partial charge on any atom is -0.345 e. The van der Waals surface area contributed by atoms with Gasteiger partial charge in [-0.05, 0) is 48.9 Å². The number of nitrogens with zero attached hydrogens (tertiary/aromatic N) is 3. The lowest BCUT2D eigenvalue weighted by Crippen LogP contribution is -2.49. The van der Waals surface area contributed by atoms with E-state index in [1.165, 1.54) is 24.3 Å². The molecular weight excluding hydrogens is 477 g/mol. The van der Waals surface area contributed by atoms with Gasteiger partial charge in [-0.3, -0.25) is 4.79 Å². The quantitative estimate of drug-likeness (QED) is 0.521. The van der Waals surface area contributed by atoms with Crippen LogP contribution in [-0.4, -0.2) is 56.1 Å². The number of anilines is 1. The molecule has 1 saturated heterocycles. The van der Waals surface area contributed by atoms with Crippen LogP contribution in [0.25, 0.3) is 10.2 Å². The fraction of sp³-hybridized carbons (Fsp3) is 0.333. The van der Waals surface area contributed by atoms with Gasteiger partial charge in [-0.25, -0.2) is 13.4 Å². The number of hydrogen-bond acceptors (Lipinski definition) is 6. The SMILES string of the molecule is Cc1c(Cl)ccc2sc(N3CCN(C(=O)CCS(=O)(=O)c4ccc(Cl)cc4)CC3)nc12. The van der Waals surface area contributed by atoms with Crippen molar-refractivity contribution in [2.75, 3.05) is 36.8 Å². The van der Waals surface area contributed by atoms with Gasteiger partial charge >= 0.3 is 0 Å². The predicted molar refractivity (Wildman–Crippen MR) is 126 cm³/mol. The highest BCUT2D eigenvalue weighted by atomic mass is 35.5. The summed E-state index contributed by atoms with van der Waals surface area (Å²) < 4.78 is 26.0. The number of benzene rings is 2. The molecule has 0 aliphatic carbocycles. The second-order valence-electron chi connectivity index (χ2n) is 7.41. The molecule has 0 N–H and O–H groups in total. The summed E-state index contributed by atoms with van der Waals surface area (Å²) in [6, 6.07) is 9.87. The van der Waals surface area contributed by atoms with Gasteiger partial charge in [0.15, 0.2) is 15.0 Å². The molecule has 31 heavy (non-hydrogen) atoms. The molecule has 2 heterocycles. The average molecular weight is 498 g/mol. The molecule has 6 nitrogen and oxygen atoms in total. The number of fused-ring (bicyclic) bond motifs is 1. The molecule has 0 bridgehead atoms. The normalized spacial score (nSPS) is 14.9. The van der Waals surface area contributed by atoms with E-state index in [4.69, 9.17) is 28.2 Å². The molecule has 3 aromatic rings. The van der Waals surface area contributed by atoms with E-state index in [1.54, 1.807) is 16.2 Å². The molecule has 0 radical (unpaired) electrons. The zero-order valence-corrected chi connectivity index (χ0v) is 20.0. The fourth-order valence-electron chi connectivity index (χ4n) is 3.51. The third-order valence-corrected chi connectivity index (χ3v) is 8.87. The van der Waals surface area contributed by atoms with Crippen LogP contribution in [0.15, 0.2) is 41.3 Å². The summed E-state index contributed by atoms with van der Waals surface area (Å²) in [6.45, 7) is 4.35. The van der Waals surface area contributed by atoms with Gasteiger partial charge in [0.25, 0.3) is 0 Å². The highest BCUT2D eigenvalue weighted by molar-refractivity contribution is 7.91. The first-order valence-electron chi connectivity index (χ1n) is 9.81. The topological polar surface area (TPSA) is 70.6 Å². The van der Waals surface area contributed by atoms with Crippen LogP contribution in [0.4, 0.5) is 5.13 Å². The largest absolute Gasteiger partial charge is 0.345 e. The number of carbonyl (C=O) groups is 1. The summed E-state index contributed by atoms with van der Waals surface area (Å²) in [4.78, 5) is 21.4. The highest BCUT2D eigenvalue weighted by Crippen LogP contribution is 2.33. The van der Waals surface area contributed by atoms with Crippen molar-refractivity contribution in [3.05, 3.63) is 52.0 Å². The van der Waals surface area contributed by atoms with Crippen LogP contribution in [0.5, 0.6) is 0 Å². The molecule has 10 heteroatoms. The van der Waals surface area contributed by atoms with Gasteiger partial charge in [0.05, 0.1) is 20.9 Å². The van der Waals surface area contributed by atoms with Gasteiger partial charge < -0.3 is 9.80 Å². The van der Waals surface area contributed by atoms with Crippen LogP contribution in [0, 0.1) is 6.92 Å². The van der Waals surface area contributed by atoms with Gasteiger partial charge in [0.2, 0.25) is 5.91 Å². The second-order valence-corrected chi connectivity index (χ2v) is 11.4. The highest BCUT2D eigenvalue weighted by Gasteiger charge is 2.25. The van der Waals surface area contributed by atoms with Gasteiger partial charge in [-0.2, -0.15) is 0 Å². The van der Waals surface area contributed by atoms with Gasteiger partial charge in [0, 0.05) is 42.6 Å². The molecule has 1 aliphatic heterocycles. The number of amides is 1. The van der Waals surface area contributed by atoms with Crippen molar-refractivity contribution >= 4 is 65.6 Å². The van der Waals surface area contributed by atoms with Crippen LogP contribution in [0.1, 0.15) is 12.0 Å². The van der Waals surface area contributed by atoms with Gasteiger partial charge in [-0.1, -0.05) is 34.5 Å².